The Morgan fingerprint density at radius 3 is 1.61 bits per heavy atom. The van der Waals surface area contributed by atoms with E-state index in [0.717, 1.165) is 5.69 Å². The van der Waals surface area contributed by atoms with Gasteiger partial charge < -0.3 is 0 Å². The molecule has 2 rings (SSSR count). The highest BCUT2D eigenvalue weighted by Gasteiger charge is 1.80. The van der Waals surface area contributed by atoms with E-state index in [1.54, 1.807) is 12.1 Å². The standard InChI is InChI=1S/C7H5NO.C7H5NS/c2*9-6-8-7-4-2-1-3-5-7/h2*1-5H. The Morgan fingerprint density at radius 2 is 1.22 bits per heavy atom. The van der Waals surface area contributed by atoms with Crippen LogP contribution in [0.25, 0.3) is 0 Å². The van der Waals surface area contributed by atoms with E-state index in [1.165, 1.54) is 6.08 Å². The minimum Gasteiger partial charge on any atom is -0.211 e. The Morgan fingerprint density at radius 1 is 0.778 bits per heavy atom. The lowest BCUT2D eigenvalue weighted by atomic mass is 10.3. The Bertz CT molecular complexity index is 503. The summed E-state index contributed by atoms with van der Waals surface area (Å²) in [5, 5.41) is 2.29. The second-order valence-electron chi connectivity index (χ2n) is 3.08. The molecule has 0 aliphatic carbocycles. The zero-order valence-electron chi connectivity index (χ0n) is 9.48. The highest BCUT2D eigenvalue weighted by atomic mass is 32.1. The first-order valence-electron chi connectivity index (χ1n) is 5.12. The molecule has 4 heteroatoms. The molecule has 0 radical (unpaired) electrons. The van der Waals surface area contributed by atoms with Gasteiger partial charge in [0, 0.05) is 0 Å². The number of isothiocyanates is 1. The summed E-state index contributed by atoms with van der Waals surface area (Å²) in [4.78, 5) is 16.9. The zero-order chi connectivity index (χ0) is 13.1. The number of thiocarbonyl (C=S) groups is 1. The van der Waals surface area contributed by atoms with Crippen molar-refractivity contribution in [2.75, 3.05) is 0 Å². The summed E-state index contributed by atoms with van der Waals surface area (Å²) in [6.07, 6.45) is 1.46. The monoisotopic (exact) mass is 254 g/mol. The lowest BCUT2D eigenvalue weighted by Crippen LogP contribution is -1.59. The molecule has 2 aromatic carbocycles. The molecular formula is C14H10N2OS. The van der Waals surface area contributed by atoms with Crippen LogP contribution in [-0.2, 0) is 4.79 Å². The molecule has 0 bridgehead atoms. The number of aliphatic imine (C=N–C) groups is 2. The maximum atomic E-state index is 9.68. The molecule has 0 N–H and O–H groups in total. The Hall–Kier alpha value is -2.38. The number of benzene rings is 2. The van der Waals surface area contributed by atoms with Crippen molar-refractivity contribution in [3.63, 3.8) is 0 Å². The van der Waals surface area contributed by atoms with E-state index in [0.29, 0.717) is 5.69 Å². The molecule has 88 valence electrons. The SMILES string of the molecule is O=C=Nc1ccccc1.S=C=Nc1ccccc1. The van der Waals surface area contributed by atoms with Crippen LogP contribution in [0.4, 0.5) is 11.4 Å². The van der Waals surface area contributed by atoms with Crippen LogP contribution in [-0.4, -0.2) is 11.2 Å². The van der Waals surface area contributed by atoms with Crippen molar-refractivity contribution < 1.29 is 4.79 Å². The highest BCUT2D eigenvalue weighted by molar-refractivity contribution is 7.78. The average Bonchev–Trinajstić information content (AvgIpc) is 2.43. The molecule has 18 heavy (non-hydrogen) atoms. The van der Waals surface area contributed by atoms with Crippen molar-refractivity contribution >= 4 is 34.8 Å². The third-order valence-corrected chi connectivity index (χ3v) is 1.95. The van der Waals surface area contributed by atoms with Gasteiger partial charge in [-0.1, -0.05) is 36.4 Å². The van der Waals surface area contributed by atoms with Crippen molar-refractivity contribution in [2.24, 2.45) is 9.98 Å². The van der Waals surface area contributed by atoms with E-state index in [9.17, 15) is 4.79 Å². The molecule has 0 aliphatic rings. The minimum absolute atomic E-state index is 0.646. The van der Waals surface area contributed by atoms with E-state index in [1.807, 2.05) is 48.5 Å². The molecule has 0 saturated heterocycles. The van der Waals surface area contributed by atoms with E-state index >= 15 is 0 Å². The van der Waals surface area contributed by atoms with E-state index in [-0.39, 0.29) is 0 Å². The summed E-state index contributed by atoms with van der Waals surface area (Å²) in [6.45, 7) is 0. The van der Waals surface area contributed by atoms with Crippen LogP contribution in [0.3, 0.4) is 0 Å². The van der Waals surface area contributed by atoms with Crippen LogP contribution in [0.1, 0.15) is 0 Å². The van der Waals surface area contributed by atoms with Gasteiger partial charge in [0.25, 0.3) is 0 Å². The molecule has 0 unspecified atom stereocenters. The molecule has 0 atom stereocenters. The number of para-hydroxylation sites is 2. The molecule has 0 fully saturated rings. The third kappa shape index (κ3) is 5.64. The molecule has 0 spiro atoms. The van der Waals surface area contributed by atoms with E-state index in [4.69, 9.17) is 0 Å². The normalized spacial score (nSPS) is 8.00. The maximum Gasteiger partial charge on any atom is 0.240 e. The molecule has 3 nitrogen and oxygen atoms in total. The number of nitrogens with zero attached hydrogens (tertiary/aromatic N) is 2. The van der Waals surface area contributed by atoms with Gasteiger partial charge in [-0.15, -0.1) is 0 Å². The largest absolute Gasteiger partial charge is 0.240 e. The van der Waals surface area contributed by atoms with Gasteiger partial charge >= 0.3 is 0 Å². The van der Waals surface area contributed by atoms with Gasteiger partial charge in [-0.3, -0.25) is 0 Å². The van der Waals surface area contributed by atoms with Gasteiger partial charge in [-0.05, 0) is 36.5 Å². The summed E-state index contributed by atoms with van der Waals surface area (Å²) in [6, 6.07) is 18.5. The lowest BCUT2D eigenvalue weighted by Gasteiger charge is -1.83. The lowest BCUT2D eigenvalue weighted by molar-refractivity contribution is 0.565. The van der Waals surface area contributed by atoms with Crippen LogP contribution in [0.15, 0.2) is 70.6 Å². The van der Waals surface area contributed by atoms with Crippen molar-refractivity contribution in [1.29, 1.82) is 0 Å². The van der Waals surface area contributed by atoms with E-state index in [2.05, 4.69) is 27.4 Å². The molecule has 0 saturated carbocycles. The second kappa shape index (κ2) is 8.74. The summed E-state index contributed by atoms with van der Waals surface area (Å²) < 4.78 is 0. The van der Waals surface area contributed by atoms with Crippen LogP contribution in [0.5, 0.6) is 0 Å². The van der Waals surface area contributed by atoms with Gasteiger partial charge in [-0.2, -0.15) is 9.98 Å². The highest BCUT2D eigenvalue weighted by Crippen LogP contribution is 2.07. The van der Waals surface area contributed by atoms with Crippen LogP contribution in [0.2, 0.25) is 0 Å². The fraction of sp³-hybridized carbons (Fsp3) is 0. The molecule has 0 aromatic heterocycles. The summed E-state index contributed by atoms with van der Waals surface area (Å²) in [7, 11) is 0. The van der Waals surface area contributed by atoms with Crippen LogP contribution in [0, 0.1) is 0 Å². The Balaban J connectivity index is 0.000000180. The van der Waals surface area contributed by atoms with Gasteiger partial charge in [0.1, 0.15) is 0 Å². The summed E-state index contributed by atoms with van der Waals surface area (Å²) in [5.41, 5.74) is 1.50. The van der Waals surface area contributed by atoms with Gasteiger partial charge in [0.2, 0.25) is 6.08 Å². The topological polar surface area (TPSA) is 41.8 Å². The van der Waals surface area contributed by atoms with Crippen molar-refractivity contribution in [1.82, 2.24) is 0 Å². The first-order valence-corrected chi connectivity index (χ1v) is 5.53. The van der Waals surface area contributed by atoms with Gasteiger partial charge in [0.15, 0.2) is 0 Å². The molecule has 0 aliphatic heterocycles. The number of carbonyl (C=O) groups excluding carboxylic acids is 1. The van der Waals surface area contributed by atoms with Crippen LogP contribution < -0.4 is 0 Å². The predicted molar refractivity (Wildman–Crippen MR) is 75.4 cm³/mol. The first kappa shape index (κ1) is 13.7. The number of rotatable bonds is 2. The fourth-order valence-corrected chi connectivity index (χ4v) is 1.22. The Kier molecular flexibility index (Phi) is 6.64. The number of hydrogen-bond donors (Lipinski definition) is 0. The first-order chi connectivity index (χ1) is 8.86. The van der Waals surface area contributed by atoms with E-state index < -0.39 is 0 Å². The number of hydrogen-bond acceptors (Lipinski definition) is 4. The van der Waals surface area contributed by atoms with Crippen molar-refractivity contribution in [3.05, 3.63) is 60.7 Å². The molecule has 2 aromatic rings. The Labute approximate surface area is 111 Å². The minimum atomic E-state index is 0.646. The zero-order valence-corrected chi connectivity index (χ0v) is 10.3. The smallest absolute Gasteiger partial charge is 0.211 e. The maximum absolute atomic E-state index is 9.68. The second-order valence-corrected chi connectivity index (χ2v) is 3.26. The fourth-order valence-electron chi connectivity index (χ4n) is 1.11. The molecular weight excluding hydrogens is 244 g/mol. The third-order valence-electron chi connectivity index (χ3n) is 1.86. The summed E-state index contributed by atoms with van der Waals surface area (Å²) in [5.74, 6) is 0. The van der Waals surface area contributed by atoms with Gasteiger partial charge in [0.05, 0.1) is 16.5 Å². The molecule has 0 heterocycles. The quantitative estimate of drug-likeness (QED) is 0.460. The predicted octanol–water partition coefficient (Wildman–Crippen LogP) is 4.07. The van der Waals surface area contributed by atoms with Gasteiger partial charge in [-0.25, -0.2) is 4.79 Å². The van der Waals surface area contributed by atoms with Crippen molar-refractivity contribution in [2.45, 2.75) is 0 Å². The van der Waals surface area contributed by atoms with Crippen LogP contribution >= 0.6 is 12.2 Å². The number of isocyanates is 1. The van der Waals surface area contributed by atoms with Crippen molar-refractivity contribution in [3.8, 4) is 0 Å². The molecule has 0 amide bonds. The average molecular weight is 254 g/mol. The summed E-state index contributed by atoms with van der Waals surface area (Å²) >= 11 is 4.42.